The van der Waals surface area contributed by atoms with E-state index < -0.39 is 0 Å². The molecule has 2 fully saturated rings. The van der Waals surface area contributed by atoms with E-state index in [1.54, 1.807) is 0 Å². The molecule has 6 nitrogen and oxygen atoms in total. The smallest absolute Gasteiger partial charge is 0.337 e. The summed E-state index contributed by atoms with van der Waals surface area (Å²) >= 11 is 0. The number of amides is 1. The number of carbonyl (C=O) groups is 2. The number of benzene rings is 1. The molecule has 160 valence electrons. The molecule has 4 atom stereocenters. The van der Waals surface area contributed by atoms with Crippen LogP contribution in [0.2, 0.25) is 0 Å². The van der Waals surface area contributed by atoms with Crippen molar-refractivity contribution < 1.29 is 14.3 Å². The van der Waals surface area contributed by atoms with Gasteiger partial charge in [0.2, 0.25) is 5.91 Å². The van der Waals surface area contributed by atoms with Gasteiger partial charge in [0, 0.05) is 44.5 Å². The number of likely N-dealkylation sites (tertiary alicyclic amines) is 1. The highest BCUT2D eigenvalue weighted by Crippen LogP contribution is 2.25. The summed E-state index contributed by atoms with van der Waals surface area (Å²) in [6.45, 7) is 13.1. The van der Waals surface area contributed by atoms with Gasteiger partial charge in [-0.25, -0.2) is 4.79 Å². The fourth-order valence-corrected chi connectivity index (χ4v) is 4.96. The molecule has 3 rings (SSSR count). The summed E-state index contributed by atoms with van der Waals surface area (Å²) in [5, 5.41) is 0. The molecule has 2 aliphatic heterocycles. The van der Waals surface area contributed by atoms with Gasteiger partial charge in [0.25, 0.3) is 0 Å². The molecule has 0 aliphatic carbocycles. The van der Waals surface area contributed by atoms with E-state index in [1.165, 1.54) is 13.5 Å². The number of piperidine rings is 1. The molecule has 0 N–H and O–H groups in total. The van der Waals surface area contributed by atoms with E-state index in [4.69, 9.17) is 4.74 Å². The lowest BCUT2D eigenvalue weighted by Crippen LogP contribution is -2.59. The van der Waals surface area contributed by atoms with Gasteiger partial charge in [-0.3, -0.25) is 9.69 Å². The number of anilines is 1. The summed E-state index contributed by atoms with van der Waals surface area (Å²) in [6.07, 6.45) is 1.21. The number of hydrogen-bond donors (Lipinski definition) is 0. The van der Waals surface area contributed by atoms with Gasteiger partial charge in [0.1, 0.15) is 0 Å². The summed E-state index contributed by atoms with van der Waals surface area (Å²) in [4.78, 5) is 31.5. The molecule has 0 spiro atoms. The van der Waals surface area contributed by atoms with Crippen LogP contribution in [0.4, 0.5) is 5.69 Å². The van der Waals surface area contributed by atoms with E-state index >= 15 is 0 Å². The van der Waals surface area contributed by atoms with Crippen LogP contribution in [-0.2, 0) is 9.53 Å². The zero-order valence-corrected chi connectivity index (χ0v) is 18.4. The Morgan fingerprint density at radius 3 is 2.17 bits per heavy atom. The van der Waals surface area contributed by atoms with Gasteiger partial charge in [-0.1, -0.05) is 13.8 Å². The maximum atomic E-state index is 13.1. The standard InChI is InChI=1S/C23H35N3O3/c1-16-12-17(2)14-25(13-16)22(27)19(4)26-11-10-24(15-18(26)3)21-8-6-20(7-9-21)23(28)29-5/h6-9,16-19H,10-15H2,1-5H3. The molecular weight excluding hydrogens is 366 g/mol. The molecule has 0 aromatic heterocycles. The first-order valence-electron chi connectivity index (χ1n) is 10.8. The van der Waals surface area contributed by atoms with Gasteiger partial charge >= 0.3 is 5.97 Å². The lowest BCUT2D eigenvalue weighted by molar-refractivity contribution is -0.140. The normalized spacial score (nSPS) is 26.9. The number of rotatable bonds is 4. The van der Waals surface area contributed by atoms with Crippen molar-refractivity contribution in [3.8, 4) is 0 Å². The molecule has 1 aromatic rings. The van der Waals surface area contributed by atoms with Crippen molar-refractivity contribution in [1.29, 1.82) is 0 Å². The molecule has 1 amide bonds. The zero-order valence-electron chi connectivity index (χ0n) is 18.4. The van der Waals surface area contributed by atoms with Crippen LogP contribution in [0, 0.1) is 11.8 Å². The van der Waals surface area contributed by atoms with Crippen LogP contribution in [0.5, 0.6) is 0 Å². The van der Waals surface area contributed by atoms with Gasteiger partial charge in [0.05, 0.1) is 18.7 Å². The Hall–Kier alpha value is -2.08. The first-order valence-corrected chi connectivity index (χ1v) is 10.8. The second-order valence-electron chi connectivity index (χ2n) is 8.94. The Kier molecular flexibility index (Phi) is 6.83. The summed E-state index contributed by atoms with van der Waals surface area (Å²) in [6, 6.07) is 7.75. The van der Waals surface area contributed by atoms with E-state index in [0.717, 1.165) is 38.4 Å². The number of nitrogens with zero attached hydrogens (tertiary/aromatic N) is 3. The predicted octanol–water partition coefficient (Wildman–Crippen LogP) is 2.88. The van der Waals surface area contributed by atoms with Gasteiger partial charge in [-0.05, 0) is 56.4 Å². The van der Waals surface area contributed by atoms with E-state index in [1.807, 2.05) is 24.3 Å². The fraction of sp³-hybridized carbons (Fsp3) is 0.652. The number of ether oxygens (including phenoxy) is 1. The third-order valence-electron chi connectivity index (χ3n) is 6.37. The van der Waals surface area contributed by atoms with Crippen LogP contribution in [0.15, 0.2) is 24.3 Å². The largest absolute Gasteiger partial charge is 0.465 e. The molecule has 2 saturated heterocycles. The van der Waals surface area contributed by atoms with Crippen molar-refractivity contribution in [2.45, 2.75) is 46.2 Å². The van der Waals surface area contributed by atoms with Crippen molar-refractivity contribution in [2.75, 3.05) is 44.7 Å². The van der Waals surface area contributed by atoms with Crippen LogP contribution in [-0.4, -0.2) is 73.6 Å². The molecular formula is C23H35N3O3. The number of carbonyl (C=O) groups excluding carboxylic acids is 2. The van der Waals surface area contributed by atoms with Crippen LogP contribution in [0.3, 0.4) is 0 Å². The van der Waals surface area contributed by atoms with Crippen molar-refractivity contribution in [2.24, 2.45) is 11.8 Å². The number of hydrogen-bond acceptors (Lipinski definition) is 5. The quantitative estimate of drug-likeness (QED) is 0.726. The van der Waals surface area contributed by atoms with Crippen molar-refractivity contribution in [1.82, 2.24) is 9.80 Å². The van der Waals surface area contributed by atoms with E-state index in [2.05, 4.69) is 42.4 Å². The molecule has 2 aliphatic rings. The van der Waals surface area contributed by atoms with Crippen molar-refractivity contribution in [3.63, 3.8) is 0 Å². The summed E-state index contributed by atoms with van der Waals surface area (Å²) in [5.41, 5.74) is 1.66. The average molecular weight is 402 g/mol. The molecule has 29 heavy (non-hydrogen) atoms. The topological polar surface area (TPSA) is 53.1 Å². The first-order chi connectivity index (χ1) is 13.8. The molecule has 4 unspecified atom stereocenters. The van der Waals surface area contributed by atoms with Crippen LogP contribution < -0.4 is 4.90 Å². The molecule has 6 heteroatoms. The predicted molar refractivity (Wildman–Crippen MR) is 115 cm³/mol. The third kappa shape index (κ3) is 4.92. The summed E-state index contributed by atoms with van der Waals surface area (Å²) in [7, 11) is 1.39. The zero-order chi connectivity index (χ0) is 21.1. The van der Waals surface area contributed by atoms with Gasteiger partial charge in [-0.2, -0.15) is 0 Å². The highest BCUT2D eigenvalue weighted by Gasteiger charge is 2.35. The average Bonchev–Trinajstić information content (AvgIpc) is 2.71. The van der Waals surface area contributed by atoms with Crippen LogP contribution >= 0.6 is 0 Å². The molecule has 0 saturated carbocycles. The van der Waals surface area contributed by atoms with Gasteiger partial charge in [-0.15, -0.1) is 0 Å². The number of piperazine rings is 1. The maximum Gasteiger partial charge on any atom is 0.337 e. The molecule has 0 bridgehead atoms. The minimum atomic E-state index is -0.316. The number of methoxy groups -OCH3 is 1. The van der Waals surface area contributed by atoms with Gasteiger partial charge in [0.15, 0.2) is 0 Å². The third-order valence-corrected chi connectivity index (χ3v) is 6.37. The highest BCUT2D eigenvalue weighted by molar-refractivity contribution is 5.89. The van der Waals surface area contributed by atoms with Crippen molar-refractivity contribution in [3.05, 3.63) is 29.8 Å². The van der Waals surface area contributed by atoms with Crippen molar-refractivity contribution >= 4 is 17.6 Å². The van der Waals surface area contributed by atoms with E-state index in [0.29, 0.717) is 17.4 Å². The van der Waals surface area contributed by atoms with Gasteiger partial charge < -0.3 is 14.5 Å². The Balaban J connectivity index is 1.60. The fourth-order valence-electron chi connectivity index (χ4n) is 4.96. The monoisotopic (exact) mass is 401 g/mol. The summed E-state index contributed by atoms with van der Waals surface area (Å²) < 4.78 is 4.77. The molecule has 0 radical (unpaired) electrons. The second-order valence-corrected chi connectivity index (χ2v) is 8.94. The Morgan fingerprint density at radius 2 is 1.62 bits per heavy atom. The molecule has 2 heterocycles. The SMILES string of the molecule is COC(=O)c1ccc(N2CCN(C(C)C(=O)N3CC(C)CC(C)C3)C(C)C2)cc1. The highest BCUT2D eigenvalue weighted by atomic mass is 16.5. The van der Waals surface area contributed by atoms with Crippen LogP contribution in [0.1, 0.15) is 44.5 Å². The lowest BCUT2D eigenvalue weighted by Gasteiger charge is -2.45. The maximum absolute atomic E-state index is 13.1. The van der Waals surface area contributed by atoms with E-state index in [9.17, 15) is 9.59 Å². The van der Waals surface area contributed by atoms with E-state index in [-0.39, 0.29) is 24.0 Å². The lowest BCUT2D eigenvalue weighted by atomic mass is 9.91. The Morgan fingerprint density at radius 1 is 1.00 bits per heavy atom. The Labute approximate surface area is 174 Å². The molecule has 1 aromatic carbocycles. The number of esters is 1. The minimum Gasteiger partial charge on any atom is -0.465 e. The summed E-state index contributed by atoms with van der Waals surface area (Å²) in [5.74, 6) is 1.11. The Bertz CT molecular complexity index is 711. The van der Waals surface area contributed by atoms with Crippen LogP contribution in [0.25, 0.3) is 0 Å². The second kappa shape index (κ2) is 9.16. The minimum absolute atomic E-state index is 0.0913. The first kappa shape index (κ1) is 21.6.